The summed E-state index contributed by atoms with van der Waals surface area (Å²) >= 11 is 0. The van der Waals surface area contributed by atoms with Crippen LogP contribution >= 0.6 is 0 Å². The van der Waals surface area contributed by atoms with Gasteiger partial charge >= 0.3 is 0 Å². The molecule has 0 saturated carbocycles. The van der Waals surface area contributed by atoms with E-state index < -0.39 is 0 Å². The van der Waals surface area contributed by atoms with Crippen LogP contribution in [0.4, 0.5) is 11.4 Å². The summed E-state index contributed by atoms with van der Waals surface area (Å²) in [5, 5.41) is 2.93. The first kappa shape index (κ1) is 20.7. The van der Waals surface area contributed by atoms with E-state index in [2.05, 4.69) is 17.1 Å². The number of ether oxygens (including phenoxy) is 1. The number of carbonyl (C=O) groups is 2. The van der Waals surface area contributed by atoms with Gasteiger partial charge in [-0.05, 0) is 55.0 Å². The van der Waals surface area contributed by atoms with Crippen molar-refractivity contribution in [3.05, 3.63) is 54.1 Å². The van der Waals surface area contributed by atoms with Gasteiger partial charge in [0.15, 0.2) is 0 Å². The molecule has 1 saturated heterocycles. The fourth-order valence-corrected chi connectivity index (χ4v) is 3.32. The smallest absolute Gasteiger partial charge is 0.255 e. The van der Waals surface area contributed by atoms with Crippen LogP contribution in [0.3, 0.4) is 0 Å². The Morgan fingerprint density at radius 3 is 2.17 bits per heavy atom. The first-order valence-electron chi connectivity index (χ1n) is 10.3. The largest absolute Gasteiger partial charge is 0.494 e. The van der Waals surface area contributed by atoms with Gasteiger partial charge in [-0.15, -0.1) is 0 Å². The van der Waals surface area contributed by atoms with Crippen LogP contribution < -0.4 is 15.0 Å². The van der Waals surface area contributed by atoms with Gasteiger partial charge in [0.1, 0.15) is 5.75 Å². The van der Waals surface area contributed by atoms with E-state index in [0.717, 1.165) is 49.7 Å². The Hall–Kier alpha value is -3.02. The Balaban J connectivity index is 1.54. The van der Waals surface area contributed by atoms with Gasteiger partial charge in [0, 0.05) is 49.5 Å². The predicted octanol–water partition coefficient (Wildman–Crippen LogP) is 3.79. The van der Waals surface area contributed by atoms with Crippen LogP contribution in [0, 0.1) is 0 Å². The van der Waals surface area contributed by atoms with Gasteiger partial charge in [-0.25, -0.2) is 0 Å². The maximum absolute atomic E-state index is 12.5. The fraction of sp³-hybridized carbons (Fsp3) is 0.391. The third-order valence-electron chi connectivity index (χ3n) is 5.01. The summed E-state index contributed by atoms with van der Waals surface area (Å²) < 4.78 is 5.55. The molecule has 0 atom stereocenters. The van der Waals surface area contributed by atoms with Crippen LogP contribution in [0.15, 0.2) is 48.5 Å². The van der Waals surface area contributed by atoms with E-state index in [9.17, 15) is 9.59 Å². The molecule has 29 heavy (non-hydrogen) atoms. The fourth-order valence-electron chi connectivity index (χ4n) is 3.32. The number of hydrogen-bond acceptors (Lipinski definition) is 4. The molecular formula is C23H29N3O3. The molecule has 0 unspecified atom stereocenters. The van der Waals surface area contributed by atoms with E-state index in [4.69, 9.17) is 4.74 Å². The monoisotopic (exact) mass is 395 g/mol. The molecule has 1 fully saturated rings. The van der Waals surface area contributed by atoms with Crippen LogP contribution in [0.5, 0.6) is 5.75 Å². The summed E-state index contributed by atoms with van der Waals surface area (Å²) in [6.45, 7) is 7.78. The highest BCUT2D eigenvalue weighted by Gasteiger charge is 2.20. The van der Waals surface area contributed by atoms with Gasteiger partial charge in [-0.3, -0.25) is 9.59 Å². The Morgan fingerprint density at radius 2 is 1.59 bits per heavy atom. The second kappa shape index (κ2) is 9.96. The van der Waals surface area contributed by atoms with E-state index in [0.29, 0.717) is 18.6 Å². The highest BCUT2D eigenvalue weighted by molar-refractivity contribution is 6.04. The summed E-state index contributed by atoms with van der Waals surface area (Å²) in [5.74, 6) is 0.840. The first-order valence-corrected chi connectivity index (χ1v) is 10.3. The van der Waals surface area contributed by atoms with E-state index in [1.807, 2.05) is 48.2 Å². The molecule has 6 nitrogen and oxygen atoms in total. The third-order valence-corrected chi connectivity index (χ3v) is 5.01. The lowest BCUT2D eigenvalue weighted by Gasteiger charge is -2.36. The van der Waals surface area contributed by atoms with Crippen molar-refractivity contribution in [1.29, 1.82) is 0 Å². The van der Waals surface area contributed by atoms with Crippen LogP contribution in [0.25, 0.3) is 0 Å². The summed E-state index contributed by atoms with van der Waals surface area (Å²) in [6.07, 6.45) is 1.51. The molecule has 0 radical (unpaired) electrons. The van der Waals surface area contributed by atoms with Gasteiger partial charge < -0.3 is 19.9 Å². The van der Waals surface area contributed by atoms with Crippen molar-refractivity contribution in [3.63, 3.8) is 0 Å². The minimum atomic E-state index is -0.147. The third kappa shape index (κ3) is 5.50. The normalized spacial score (nSPS) is 13.9. The molecule has 0 aliphatic carbocycles. The Morgan fingerprint density at radius 1 is 0.931 bits per heavy atom. The highest BCUT2D eigenvalue weighted by atomic mass is 16.5. The molecule has 0 aromatic heterocycles. The first-order chi connectivity index (χ1) is 14.1. The number of nitrogens with one attached hydrogen (secondary N) is 1. The van der Waals surface area contributed by atoms with Gasteiger partial charge in [0.05, 0.1) is 6.61 Å². The highest BCUT2D eigenvalue weighted by Crippen LogP contribution is 2.21. The summed E-state index contributed by atoms with van der Waals surface area (Å²) in [4.78, 5) is 28.4. The van der Waals surface area contributed by atoms with Crippen molar-refractivity contribution >= 4 is 23.2 Å². The van der Waals surface area contributed by atoms with Gasteiger partial charge in [0.2, 0.25) is 5.91 Å². The quantitative estimate of drug-likeness (QED) is 0.775. The van der Waals surface area contributed by atoms with Crippen LogP contribution in [-0.2, 0) is 4.79 Å². The van der Waals surface area contributed by atoms with Gasteiger partial charge in [0.25, 0.3) is 5.91 Å². The molecule has 2 aromatic rings. The van der Waals surface area contributed by atoms with E-state index >= 15 is 0 Å². The van der Waals surface area contributed by atoms with Crippen molar-refractivity contribution in [2.24, 2.45) is 0 Å². The molecule has 1 heterocycles. The zero-order valence-corrected chi connectivity index (χ0v) is 17.2. The van der Waals surface area contributed by atoms with E-state index in [-0.39, 0.29) is 11.8 Å². The Labute approximate surface area is 172 Å². The number of benzene rings is 2. The molecule has 0 spiro atoms. The lowest BCUT2D eigenvalue weighted by molar-refractivity contribution is -0.131. The number of piperazine rings is 1. The Bertz CT molecular complexity index is 810. The number of hydrogen-bond donors (Lipinski definition) is 1. The number of anilines is 2. The van der Waals surface area contributed by atoms with Gasteiger partial charge in [-0.1, -0.05) is 13.8 Å². The van der Waals surface area contributed by atoms with Crippen LogP contribution in [0.2, 0.25) is 0 Å². The number of carbonyl (C=O) groups excluding carboxylic acids is 2. The number of amides is 2. The molecule has 1 aliphatic heterocycles. The van der Waals surface area contributed by atoms with Crippen molar-refractivity contribution in [2.45, 2.75) is 26.7 Å². The van der Waals surface area contributed by atoms with Crippen molar-refractivity contribution in [1.82, 2.24) is 4.90 Å². The lowest BCUT2D eigenvalue weighted by Crippen LogP contribution is -2.48. The average molecular weight is 396 g/mol. The minimum Gasteiger partial charge on any atom is -0.494 e. The van der Waals surface area contributed by atoms with Crippen LogP contribution in [0.1, 0.15) is 37.0 Å². The molecular weight excluding hydrogens is 366 g/mol. The molecule has 0 bridgehead atoms. The second-order valence-electron chi connectivity index (χ2n) is 7.10. The molecule has 2 aromatic carbocycles. The molecule has 6 heteroatoms. The predicted molar refractivity (Wildman–Crippen MR) is 116 cm³/mol. The second-order valence-corrected chi connectivity index (χ2v) is 7.10. The SMILES string of the molecule is CCCOc1ccc(C(=O)Nc2ccc(N3CCN(C(=O)CC)CC3)cc2)cc1. The van der Waals surface area contributed by atoms with Crippen molar-refractivity contribution in [2.75, 3.05) is 43.0 Å². The molecule has 154 valence electrons. The van der Waals surface area contributed by atoms with E-state index in [1.54, 1.807) is 12.1 Å². The standard InChI is InChI=1S/C23H29N3O3/c1-3-17-29-21-11-5-18(6-12-21)23(28)24-19-7-9-20(10-8-19)25-13-15-26(16-14-25)22(27)4-2/h5-12H,3-4,13-17H2,1-2H3,(H,24,28). The summed E-state index contributed by atoms with van der Waals surface area (Å²) in [6, 6.07) is 15.0. The topological polar surface area (TPSA) is 61.9 Å². The Kier molecular flexibility index (Phi) is 7.11. The molecule has 3 rings (SSSR count). The number of nitrogens with zero attached hydrogens (tertiary/aromatic N) is 2. The van der Waals surface area contributed by atoms with E-state index in [1.165, 1.54) is 0 Å². The summed E-state index contributed by atoms with van der Waals surface area (Å²) in [5.41, 5.74) is 2.45. The van der Waals surface area contributed by atoms with Crippen LogP contribution in [-0.4, -0.2) is 49.5 Å². The molecule has 2 amide bonds. The van der Waals surface area contributed by atoms with Gasteiger partial charge in [-0.2, -0.15) is 0 Å². The number of rotatable bonds is 7. The van der Waals surface area contributed by atoms with Crippen molar-refractivity contribution < 1.29 is 14.3 Å². The zero-order chi connectivity index (χ0) is 20.6. The lowest BCUT2D eigenvalue weighted by atomic mass is 10.2. The zero-order valence-electron chi connectivity index (χ0n) is 17.2. The maximum Gasteiger partial charge on any atom is 0.255 e. The minimum absolute atomic E-state index is 0.147. The maximum atomic E-state index is 12.5. The average Bonchev–Trinajstić information content (AvgIpc) is 2.78. The summed E-state index contributed by atoms with van der Waals surface area (Å²) in [7, 11) is 0. The molecule has 1 aliphatic rings. The van der Waals surface area contributed by atoms with Crippen molar-refractivity contribution in [3.8, 4) is 5.75 Å². The molecule has 1 N–H and O–H groups in total.